The van der Waals surface area contributed by atoms with Crippen molar-refractivity contribution in [3.8, 4) is 0 Å². The molecule has 4 heteroatoms. The van der Waals surface area contributed by atoms with Gasteiger partial charge in [0.2, 0.25) is 0 Å². The summed E-state index contributed by atoms with van der Waals surface area (Å²) >= 11 is 0. The Balaban J connectivity index is 1.76. The van der Waals surface area contributed by atoms with E-state index in [1.807, 2.05) is 6.92 Å². The van der Waals surface area contributed by atoms with Gasteiger partial charge in [0.1, 0.15) is 5.60 Å². The maximum atomic E-state index is 12.6. The molecule has 0 radical (unpaired) electrons. The summed E-state index contributed by atoms with van der Waals surface area (Å²) in [5, 5.41) is 3.42. The lowest BCUT2D eigenvalue weighted by molar-refractivity contribution is -0.155. The van der Waals surface area contributed by atoms with Gasteiger partial charge in [0.25, 0.3) is 5.91 Å². The predicted octanol–water partition coefficient (Wildman–Crippen LogP) is 0.766. The fourth-order valence-electron chi connectivity index (χ4n) is 3.57. The van der Waals surface area contributed by atoms with Crippen LogP contribution in [0.2, 0.25) is 0 Å². The molecular weight excluding hydrogens is 216 g/mol. The summed E-state index contributed by atoms with van der Waals surface area (Å²) in [6.45, 7) is 5.66. The highest BCUT2D eigenvalue weighted by atomic mass is 16.5. The summed E-state index contributed by atoms with van der Waals surface area (Å²) in [6.07, 6.45) is 4.30. The summed E-state index contributed by atoms with van der Waals surface area (Å²) in [5.41, 5.74) is -0.537. The van der Waals surface area contributed by atoms with Crippen molar-refractivity contribution in [1.29, 1.82) is 0 Å². The van der Waals surface area contributed by atoms with Crippen molar-refractivity contribution >= 4 is 5.91 Å². The van der Waals surface area contributed by atoms with Crippen LogP contribution in [0.15, 0.2) is 0 Å². The lowest BCUT2D eigenvalue weighted by Gasteiger charge is -2.40. The number of hydrogen-bond acceptors (Lipinski definition) is 3. The van der Waals surface area contributed by atoms with E-state index >= 15 is 0 Å². The molecule has 0 aromatic heterocycles. The van der Waals surface area contributed by atoms with Crippen molar-refractivity contribution in [2.45, 2.75) is 44.2 Å². The number of fused-ring (bicyclic) bond motifs is 1. The SMILES string of the molecule is CC1(C(=O)N2CCCC3CNCC32)CCCO1. The topological polar surface area (TPSA) is 41.6 Å². The molecule has 1 N–H and O–H groups in total. The third-order valence-corrected chi connectivity index (χ3v) is 4.61. The van der Waals surface area contributed by atoms with Crippen molar-refractivity contribution < 1.29 is 9.53 Å². The Kier molecular flexibility index (Phi) is 2.87. The first kappa shape index (κ1) is 11.5. The summed E-state index contributed by atoms with van der Waals surface area (Å²) < 4.78 is 5.69. The maximum absolute atomic E-state index is 12.6. The second-order valence-corrected chi connectivity index (χ2v) is 5.81. The van der Waals surface area contributed by atoms with E-state index in [1.165, 1.54) is 6.42 Å². The van der Waals surface area contributed by atoms with Crippen molar-refractivity contribution in [3.05, 3.63) is 0 Å². The molecule has 3 saturated heterocycles. The summed E-state index contributed by atoms with van der Waals surface area (Å²) in [6, 6.07) is 0.414. The second kappa shape index (κ2) is 4.25. The number of rotatable bonds is 1. The number of hydrogen-bond donors (Lipinski definition) is 1. The molecular formula is C13H22N2O2. The molecule has 96 valence electrons. The minimum atomic E-state index is -0.537. The van der Waals surface area contributed by atoms with Crippen LogP contribution < -0.4 is 5.32 Å². The van der Waals surface area contributed by atoms with Gasteiger partial charge in [0.05, 0.1) is 0 Å². The average Bonchev–Trinajstić information content (AvgIpc) is 2.96. The number of likely N-dealkylation sites (tertiary alicyclic amines) is 1. The zero-order chi connectivity index (χ0) is 11.9. The van der Waals surface area contributed by atoms with Gasteiger partial charge in [-0.05, 0) is 38.5 Å². The van der Waals surface area contributed by atoms with E-state index in [2.05, 4.69) is 10.2 Å². The Morgan fingerprint density at radius 2 is 2.29 bits per heavy atom. The minimum absolute atomic E-state index is 0.230. The van der Waals surface area contributed by atoms with Gasteiger partial charge in [-0.2, -0.15) is 0 Å². The number of piperidine rings is 1. The molecule has 4 nitrogen and oxygen atoms in total. The Morgan fingerprint density at radius 3 is 3.06 bits per heavy atom. The summed E-state index contributed by atoms with van der Waals surface area (Å²) in [4.78, 5) is 14.7. The molecule has 3 heterocycles. The van der Waals surface area contributed by atoms with Gasteiger partial charge in [-0.25, -0.2) is 0 Å². The smallest absolute Gasteiger partial charge is 0.254 e. The van der Waals surface area contributed by atoms with Crippen LogP contribution in [0.4, 0.5) is 0 Å². The highest BCUT2D eigenvalue weighted by Gasteiger charge is 2.46. The quantitative estimate of drug-likeness (QED) is 0.733. The highest BCUT2D eigenvalue weighted by molar-refractivity contribution is 5.85. The van der Waals surface area contributed by atoms with Crippen molar-refractivity contribution in [2.24, 2.45) is 5.92 Å². The summed E-state index contributed by atoms with van der Waals surface area (Å²) in [7, 11) is 0. The first-order valence-corrected chi connectivity index (χ1v) is 6.86. The molecule has 0 aromatic carbocycles. The lowest BCUT2D eigenvalue weighted by atomic mass is 9.89. The molecule has 0 aromatic rings. The number of ether oxygens (including phenoxy) is 1. The molecule has 1 amide bonds. The monoisotopic (exact) mass is 238 g/mol. The van der Waals surface area contributed by atoms with E-state index < -0.39 is 5.60 Å². The Hall–Kier alpha value is -0.610. The van der Waals surface area contributed by atoms with E-state index in [0.29, 0.717) is 12.0 Å². The van der Waals surface area contributed by atoms with Gasteiger partial charge < -0.3 is 15.0 Å². The number of amides is 1. The fraction of sp³-hybridized carbons (Fsp3) is 0.923. The lowest BCUT2D eigenvalue weighted by Crippen LogP contribution is -2.55. The van der Waals surface area contributed by atoms with E-state index in [0.717, 1.165) is 45.5 Å². The average molecular weight is 238 g/mol. The van der Waals surface area contributed by atoms with Crippen LogP contribution in [0.3, 0.4) is 0 Å². The molecule has 0 aliphatic carbocycles. The van der Waals surface area contributed by atoms with Crippen LogP contribution in [0, 0.1) is 5.92 Å². The molecule has 3 aliphatic rings. The third kappa shape index (κ3) is 1.87. The van der Waals surface area contributed by atoms with Gasteiger partial charge in [0, 0.05) is 32.3 Å². The van der Waals surface area contributed by atoms with Crippen molar-refractivity contribution in [1.82, 2.24) is 10.2 Å². The van der Waals surface area contributed by atoms with Gasteiger partial charge in [0.15, 0.2) is 0 Å². The van der Waals surface area contributed by atoms with Crippen molar-refractivity contribution in [2.75, 3.05) is 26.2 Å². The minimum Gasteiger partial charge on any atom is -0.365 e. The molecule has 3 aliphatic heterocycles. The van der Waals surface area contributed by atoms with E-state index in [1.54, 1.807) is 0 Å². The number of carbonyl (C=O) groups is 1. The molecule has 3 unspecified atom stereocenters. The van der Waals surface area contributed by atoms with Crippen LogP contribution in [0.1, 0.15) is 32.6 Å². The van der Waals surface area contributed by atoms with Crippen LogP contribution in [-0.2, 0) is 9.53 Å². The normalized spacial score (nSPS) is 41.6. The third-order valence-electron chi connectivity index (χ3n) is 4.61. The van der Waals surface area contributed by atoms with E-state index in [-0.39, 0.29) is 5.91 Å². The summed E-state index contributed by atoms with van der Waals surface area (Å²) in [5.74, 6) is 0.895. The Bertz CT molecular complexity index is 313. The molecule has 17 heavy (non-hydrogen) atoms. The van der Waals surface area contributed by atoms with Gasteiger partial charge in [-0.3, -0.25) is 4.79 Å². The van der Waals surface area contributed by atoms with Gasteiger partial charge in [-0.1, -0.05) is 0 Å². The molecule has 0 bridgehead atoms. The maximum Gasteiger partial charge on any atom is 0.254 e. The molecule has 3 rings (SSSR count). The zero-order valence-electron chi connectivity index (χ0n) is 10.6. The standard InChI is InChI=1S/C13H22N2O2/c1-13(5-3-7-17-13)12(16)15-6-2-4-10-8-14-9-11(10)15/h10-11,14H,2-9H2,1H3. The highest BCUT2D eigenvalue weighted by Crippen LogP contribution is 2.33. The molecule has 0 spiro atoms. The molecule has 0 saturated carbocycles. The second-order valence-electron chi connectivity index (χ2n) is 5.81. The first-order valence-electron chi connectivity index (χ1n) is 6.86. The van der Waals surface area contributed by atoms with Crippen LogP contribution in [-0.4, -0.2) is 48.7 Å². The van der Waals surface area contributed by atoms with Crippen molar-refractivity contribution in [3.63, 3.8) is 0 Å². The molecule has 3 atom stereocenters. The molecule has 3 fully saturated rings. The van der Waals surface area contributed by atoms with Crippen LogP contribution in [0.25, 0.3) is 0 Å². The van der Waals surface area contributed by atoms with Gasteiger partial charge >= 0.3 is 0 Å². The number of nitrogens with one attached hydrogen (secondary N) is 1. The Labute approximate surface area is 103 Å². The predicted molar refractivity (Wildman–Crippen MR) is 64.7 cm³/mol. The van der Waals surface area contributed by atoms with E-state index in [9.17, 15) is 4.79 Å². The Morgan fingerprint density at radius 1 is 1.41 bits per heavy atom. The van der Waals surface area contributed by atoms with Crippen LogP contribution in [0.5, 0.6) is 0 Å². The largest absolute Gasteiger partial charge is 0.365 e. The van der Waals surface area contributed by atoms with Crippen LogP contribution >= 0.6 is 0 Å². The van der Waals surface area contributed by atoms with E-state index in [4.69, 9.17) is 4.74 Å². The van der Waals surface area contributed by atoms with Gasteiger partial charge in [-0.15, -0.1) is 0 Å². The fourth-order valence-corrected chi connectivity index (χ4v) is 3.57. The zero-order valence-corrected chi connectivity index (χ0v) is 10.6. The number of carbonyl (C=O) groups excluding carboxylic acids is 1. The number of nitrogens with zero attached hydrogens (tertiary/aromatic N) is 1. The first-order chi connectivity index (χ1) is 8.21.